The maximum Gasteiger partial charge on any atom is 0.154 e. The highest BCUT2D eigenvalue weighted by atomic mass is 79.9. The summed E-state index contributed by atoms with van der Waals surface area (Å²) in [5, 5.41) is 5.70. The quantitative estimate of drug-likeness (QED) is 0.567. The Kier molecular flexibility index (Phi) is 5.40. The Balaban J connectivity index is 2.16. The van der Waals surface area contributed by atoms with Crippen molar-refractivity contribution < 1.29 is 0 Å². The van der Waals surface area contributed by atoms with Gasteiger partial charge in [-0.2, -0.15) is 5.10 Å². The highest BCUT2D eigenvalue weighted by Crippen LogP contribution is 2.22. The highest BCUT2D eigenvalue weighted by molar-refractivity contribution is 9.09. The van der Waals surface area contributed by atoms with Crippen LogP contribution in [0.5, 0.6) is 0 Å². The minimum Gasteiger partial charge on any atom is -0.358 e. The van der Waals surface area contributed by atoms with E-state index in [0.29, 0.717) is 5.92 Å². The lowest BCUT2D eigenvalue weighted by atomic mass is 10.1. The van der Waals surface area contributed by atoms with Crippen LogP contribution in [0.1, 0.15) is 44.7 Å². The molecule has 0 aliphatic carbocycles. The van der Waals surface area contributed by atoms with Crippen LogP contribution >= 0.6 is 15.9 Å². The van der Waals surface area contributed by atoms with Gasteiger partial charge in [0, 0.05) is 31.3 Å². The summed E-state index contributed by atoms with van der Waals surface area (Å²) >= 11 is 3.47. The highest BCUT2D eigenvalue weighted by Gasteiger charge is 2.12. The lowest BCUT2D eigenvalue weighted by Crippen LogP contribution is -2.20. The Bertz CT molecular complexity index is 550. The van der Waals surface area contributed by atoms with Gasteiger partial charge in [-0.15, -0.1) is 0 Å². The van der Waals surface area contributed by atoms with Crippen LogP contribution in [0.3, 0.4) is 0 Å². The summed E-state index contributed by atoms with van der Waals surface area (Å²) in [6.45, 7) is 5.36. The average molecular weight is 339 g/mol. The molecule has 2 heterocycles. The predicted octanol–water partition coefficient (Wildman–Crippen LogP) is 3.85. The van der Waals surface area contributed by atoms with Crippen molar-refractivity contribution in [3.8, 4) is 0 Å². The molecular formula is C15H23BrN4. The molecule has 5 heteroatoms. The second-order valence-corrected chi connectivity index (χ2v) is 6.27. The van der Waals surface area contributed by atoms with Crippen molar-refractivity contribution in [2.45, 2.75) is 39.0 Å². The number of hydrogen-bond donors (Lipinski definition) is 0. The predicted molar refractivity (Wildman–Crippen MR) is 88.0 cm³/mol. The first-order chi connectivity index (χ1) is 9.63. The molecular weight excluding hydrogens is 316 g/mol. The molecule has 0 spiro atoms. The third kappa shape index (κ3) is 3.51. The number of alkyl halides is 1. The monoisotopic (exact) mass is 338 g/mol. The molecule has 0 aliphatic heterocycles. The van der Waals surface area contributed by atoms with E-state index in [2.05, 4.69) is 57.9 Å². The Hall–Kier alpha value is -1.10. The van der Waals surface area contributed by atoms with Crippen molar-refractivity contribution in [3.05, 3.63) is 24.2 Å². The van der Waals surface area contributed by atoms with Crippen molar-refractivity contribution in [2.75, 3.05) is 23.8 Å². The topological polar surface area (TPSA) is 33.4 Å². The van der Waals surface area contributed by atoms with E-state index in [0.717, 1.165) is 28.9 Å². The summed E-state index contributed by atoms with van der Waals surface area (Å²) in [7, 11) is 2.11. The van der Waals surface area contributed by atoms with Crippen LogP contribution in [0.4, 0.5) is 5.82 Å². The lowest BCUT2D eigenvalue weighted by molar-refractivity contribution is 0.706. The van der Waals surface area contributed by atoms with Crippen molar-refractivity contribution in [1.82, 2.24) is 14.6 Å². The summed E-state index contributed by atoms with van der Waals surface area (Å²) in [4.78, 5) is 6.77. The van der Waals surface area contributed by atoms with Gasteiger partial charge in [-0.3, -0.25) is 0 Å². The van der Waals surface area contributed by atoms with Crippen molar-refractivity contribution in [1.29, 1.82) is 0 Å². The molecule has 0 radical (unpaired) electrons. The molecule has 0 atom stereocenters. The van der Waals surface area contributed by atoms with E-state index >= 15 is 0 Å². The van der Waals surface area contributed by atoms with E-state index in [1.807, 2.05) is 16.9 Å². The van der Waals surface area contributed by atoms with Crippen molar-refractivity contribution in [3.63, 3.8) is 0 Å². The SMILES string of the molecule is CC(C)c1cc2c(N(C)CCCCCBr)nccn2n1. The Morgan fingerprint density at radius 3 is 2.80 bits per heavy atom. The zero-order valence-electron chi connectivity index (χ0n) is 12.5. The second-order valence-electron chi connectivity index (χ2n) is 5.48. The Labute approximate surface area is 129 Å². The third-order valence-electron chi connectivity index (χ3n) is 3.47. The minimum absolute atomic E-state index is 0.437. The van der Waals surface area contributed by atoms with Gasteiger partial charge in [-0.1, -0.05) is 36.2 Å². The van der Waals surface area contributed by atoms with Crippen LogP contribution in [0.15, 0.2) is 18.5 Å². The number of unbranched alkanes of at least 4 members (excludes halogenated alkanes) is 2. The van der Waals surface area contributed by atoms with E-state index in [1.165, 1.54) is 19.3 Å². The summed E-state index contributed by atoms with van der Waals surface area (Å²) in [5.74, 6) is 1.46. The van der Waals surface area contributed by atoms with Crippen LogP contribution in [0.2, 0.25) is 0 Å². The Morgan fingerprint density at radius 2 is 2.10 bits per heavy atom. The molecule has 0 unspecified atom stereocenters. The van der Waals surface area contributed by atoms with E-state index < -0.39 is 0 Å². The van der Waals surface area contributed by atoms with Crippen LogP contribution in [-0.2, 0) is 0 Å². The standard InChI is InChI=1S/C15H23BrN4/c1-12(2)13-11-14-15(17-8-10-20(14)18-13)19(3)9-6-4-5-7-16/h8,10-12H,4-7,9H2,1-3H3. The van der Waals surface area contributed by atoms with Gasteiger partial charge in [0.15, 0.2) is 5.82 Å². The average Bonchev–Trinajstić information content (AvgIpc) is 2.87. The van der Waals surface area contributed by atoms with Gasteiger partial charge >= 0.3 is 0 Å². The number of fused-ring (bicyclic) bond motifs is 1. The number of hydrogen-bond acceptors (Lipinski definition) is 3. The molecule has 0 amide bonds. The maximum absolute atomic E-state index is 4.61. The van der Waals surface area contributed by atoms with E-state index in [1.54, 1.807) is 0 Å². The second kappa shape index (κ2) is 7.07. The number of halogens is 1. The van der Waals surface area contributed by atoms with Crippen LogP contribution in [-0.4, -0.2) is 33.5 Å². The van der Waals surface area contributed by atoms with Gasteiger partial charge in [0.1, 0.15) is 5.52 Å². The molecule has 2 aromatic heterocycles. The van der Waals surface area contributed by atoms with Crippen molar-refractivity contribution >= 4 is 27.3 Å². The zero-order valence-corrected chi connectivity index (χ0v) is 14.1. The molecule has 110 valence electrons. The molecule has 0 fully saturated rings. The van der Waals surface area contributed by atoms with E-state index in [9.17, 15) is 0 Å². The van der Waals surface area contributed by atoms with Gasteiger partial charge in [-0.05, 0) is 24.8 Å². The van der Waals surface area contributed by atoms with Crippen LogP contribution in [0.25, 0.3) is 5.52 Å². The van der Waals surface area contributed by atoms with Gasteiger partial charge in [0.25, 0.3) is 0 Å². The summed E-state index contributed by atoms with van der Waals surface area (Å²) in [6.07, 6.45) is 7.42. The van der Waals surface area contributed by atoms with Gasteiger partial charge < -0.3 is 4.90 Å². The number of nitrogens with zero attached hydrogens (tertiary/aromatic N) is 4. The maximum atomic E-state index is 4.61. The fraction of sp³-hybridized carbons (Fsp3) is 0.600. The van der Waals surface area contributed by atoms with Gasteiger partial charge in [0.05, 0.1) is 5.69 Å². The normalized spacial score (nSPS) is 11.4. The third-order valence-corrected chi connectivity index (χ3v) is 4.03. The number of anilines is 1. The number of rotatable bonds is 7. The summed E-state index contributed by atoms with van der Waals surface area (Å²) in [5.41, 5.74) is 2.21. The molecule has 2 rings (SSSR count). The molecule has 0 aromatic carbocycles. The van der Waals surface area contributed by atoms with Crippen LogP contribution in [0, 0.1) is 0 Å². The molecule has 0 N–H and O–H groups in total. The largest absolute Gasteiger partial charge is 0.358 e. The molecule has 0 saturated heterocycles. The Morgan fingerprint density at radius 1 is 1.30 bits per heavy atom. The lowest BCUT2D eigenvalue weighted by Gasteiger charge is -2.18. The first-order valence-corrected chi connectivity index (χ1v) is 8.37. The van der Waals surface area contributed by atoms with E-state index in [-0.39, 0.29) is 0 Å². The molecule has 4 nitrogen and oxygen atoms in total. The molecule has 0 bridgehead atoms. The molecule has 0 saturated carbocycles. The zero-order chi connectivity index (χ0) is 14.5. The first kappa shape index (κ1) is 15.3. The van der Waals surface area contributed by atoms with E-state index in [4.69, 9.17) is 0 Å². The van der Waals surface area contributed by atoms with Gasteiger partial charge in [0.2, 0.25) is 0 Å². The van der Waals surface area contributed by atoms with Gasteiger partial charge in [-0.25, -0.2) is 9.50 Å². The molecule has 0 aliphatic rings. The number of aromatic nitrogens is 3. The van der Waals surface area contributed by atoms with Crippen LogP contribution < -0.4 is 4.90 Å². The minimum atomic E-state index is 0.437. The van der Waals surface area contributed by atoms with Crippen molar-refractivity contribution in [2.24, 2.45) is 0 Å². The summed E-state index contributed by atoms with van der Waals surface area (Å²) < 4.78 is 1.94. The summed E-state index contributed by atoms with van der Waals surface area (Å²) in [6, 6.07) is 2.15. The molecule has 2 aromatic rings. The first-order valence-electron chi connectivity index (χ1n) is 7.25. The smallest absolute Gasteiger partial charge is 0.154 e. The molecule has 20 heavy (non-hydrogen) atoms. The fourth-order valence-corrected chi connectivity index (χ4v) is 2.63. The fourth-order valence-electron chi connectivity index (χ4n) is 2.23.